The van der Waals surface area contributed by atoms with E-state index in [1.807, 2.05) is 25.1 Å². The number of carbonyl (C=O) groups is 1. The van der Waals surface area contributed by atoms with E-state index in [2.05, 4.69) is 19.1 Å². The van der Waals surface area contributed by atoms with E-state index in [0.717, 1.165) is 16.3 Å². The summed E-state index contributed by atoms with van der Waals surface area (Å²) in [7, 11) is 0. The molecule has 0 bridgehead atoms. The quantitative estimate of drug-likeness (QED) is 0.555. The molecule has 3 rings (SSSR count). The predicted octanol–water partition coefficient (Wildman–Crippen LogP) is -0.0227. The van der Waals surface area contributed by atoms with E-state index in [0.29, 0.717) is 0 Å². The van der Waals surface area contributed by atoms with Crippen LogP contribution in [0.15, 0.2) is 42.5 Å². The summed E-state index contributed by atoms with van der Waals surface area (Å²) in [6, 6.07) is 13.4. The Hall–Kier alpha value is -0.298. The normalized spacial score (nSPS) is 10.5. The van der Waals surface area contributed by atoms with E-state index in [1.165, 1.54) is 16.3 Å². The second kappa shape index (κ2) is 6.22. The van der Waals surface area contributed by atoms with Crippen LogP contribution in [0.25, 0.3) is 21.5 Å². The van der Waals surface area contributed by atoms with Crippen molar-refractivity contribution in [2.24, 2.45) is 0 Å². The summed E-state index contributed by atoms with van der Waals surface area (Å²) < 4.78 is 0. The van der Waals surface area contributed by atoms with Gasteiger partial charge in [0.2, 0.25) is 0 Å². The third-order valence-electron chi connectivity index (χ3n) is 3.80. The van der Waals surface area contributed by atoms with Gasteiger partial charge in [0.25, 0.3) is 0 Å². The largest absolute Gasteiger partial charge is 1.00 e. The van der Waals surface area contributed by atoms with Crippen molar-refractivity contribution in [3.63, 3.8) is 0 Å². The first-order chi connectivity index (χ1) is 9.09. The molecule has 2 nitrogen and oxygen atoms in total. The van der Waals surface area contributed by atoms with E-state index in [1.54, 1.807) is 12.1 Å². The van der Waals surface area contributed by atoms with Gasteiger partial charge in [0.05, 0.1) is 5.97 Å². The van der Waals surface area contributed by atoms with E-state index in [9.17, 15) is 9.90 Å². The van der Waals surface area contributed by atoms with Crippen LogP contribution >= 0.6 is 0 Å². The number of carbonyl (C=O) groups excluding carboxylic acids is 1. The Kier molecular flexibility index (Phi) is 5.00. The second-order valence-corrected chi connectivity index (χ2v) is 4.84. The first kappa shape index (κ1) is 16.1. The van der Waals surface area contributed by atoms with Crippen LogP contribution in [0.4, 0.5) is 0 Å². The van der Waals surface area contributed by atoms with Gasteiger partial charge in [-0.3, -0.25) is 0 Å². The maximum Gasteiger partial charge on any atom is 1.00 e. The van der Waals surface area contributed by atoms with Crippen LogP contribution in [0.2, 0.25) is 0 Å². The van der Waals surface area contributed by atoms with Gasteiger partial charge < -0.3 is 9.90 Å². The van der Waals surface area contributed by atoms with Crippen molar-refractivity contribution in [1.29, 1.82) is 0 Å². The van der Waals surface area contributed by atoms with Crippen molar-refractivity contribution in [2.75, 3.05) is 0 Å². The van der Waals surface area contributed by atoms with Crippen LogP contribution in [0.5, 0.6) is 0 Å². The molecule has 0 aliphatic heterocycles. The standard InChI is InChI=1S/C17H14O2.Cs/c1-10-13-5-3-4-6-14(13)11(2)16-9-12(17(18)19)7-8-15(10)16;/h3-9H,1-2H3,(H,18,19);/q;+1/p-1. The SMILES string of the molecule is Cc1c2ccccc2c(C)c2cc(C(=O)[O-])ccc12.[Cs+]. The van der Waals surface area contributed by atoms with Crippen LogP contribution in [0.1, 0.15) is 21.5 Å². The zero-order valence-corrected chi connectivity index (χ0v) is 18.1. The average molecular weight is 382 g/mol. The zero-order chi connectivity index (χ0) is 13.6. The van der Waals surface area contributed by atoms with Gasteiger partial charge in [0.15, 0.2) is 0 Å². The molecule has 0 aromatic heterocycles. The van der Waals surface area contributed by atoms with Crippen LogP contribution in [-0.2, 0) is 0 Å². The van der Waals surface area contributed by atoms with Crippen molar-refractivity contribution in [1.82, 2.24) is 0 Å². The zero-order valence-electron chi connectivity index (χ0n) is 11.9. The van der Waals surface area contributed by atoms with Gasteiger partial charge in [-0.1, -0.05) is 36.4 Å². The molecule has 0 saturated heterocycles. The Balaban J connectivity index is 0.00000147. The average Bonchev–Trinajstić information content (AvgIpc) is 2.44. The van der Waals surface area contributed by atoms with Crippen LogP contribution in [0, 0.1) is 13.8 Å². The molecule has 94 valence electrons. The number of carboxylic acid groups (broad SMARTS) is 1. The van der Waals surface area contributed by atoms with Gasteiger partial charge in [0, 0.05) is 0 Å². The van der Waals surface area contributed by atoms with E-state index in [-0.39, 0.29) is 74.5 Å². The van der Waals surface area contributed by atoms with Gasteiger partial charge in [-0.2, -0.15) is 0 Å². The number of benzene rings is 3. The minimum atomic E-state index is -1.13. The predicted molar refractivity (Wildman–Crippen MR) is 75.3 cm³/mol. The van der Waals surface area contributed by atoms with Crippen molar-refractivity contribution in [2.45, 2.75) is 13.8 Å². The van der Waals surface area contributed by atoms with Gasteiger partial charge in [-0.15, -0.1) is 0 Å². The van der Waals surface area contributed by atoms with E-state index < -0.39 is 5.97 Å². The maximum absolute atomic E-state index is 11.0. The van der Waals surface area contributed by atoms with Crippen LogP contribution in [0.3, 0.4) is 0 Å². The summed E-state index contributed by atoms with van der Waals surface area (Å²) in [5.74, 6) is -1.13. The molecule has 0 radical (unpaired) electrons. The molecule has 0 saturated carbocycles. The molecule has 0 atom stereocenters. The third kappa shape index (κ3) is 2.59. The summed E-state index contributed by atoms with van der Waals surface area (Å²) in [6.45, 7) is 4.10. The molecular weight excluding hydrogens is 369 g/mol. The number of hydrogen-bond donors (Lipinski definition) is 0. The van der Waals surface area contributed by atoms with Crippen molar-refractivity contribution >= 4 is 27.5 Å². The molecular formula is C17H13CsO2. The number of aryl methyl sites for hydroxylation is 2. The van der Waals surface area contributed by atoms with Gasteiger partial charge in [0.1, 0.15) is 0 Å². The molecule has 0 aliphatic carbocycles. The number of carboxylic acids is 1. The molecule has 0 spiro atoms. The molecule has 3 aromatic carbocycles. The number of fused-ring (bicyclic) bond motifs is 2. The maximum atomic E-state index is 11.0. The minimum absolute atomic E-state index is 0. The summed E-state index contributed by atoms with van der Waals surface area (Å²) in [5, 5.41) is 15.5. The molecule has 0 fully saturated rings. The summed E-state index contributed by atoms with van der Waals surface area (Å²) in [5.41, 5.74) is 2.52. The number of aromatic carboxylic acids is 1. The van der Waals surface area contributed by atoms with Crippen molar-refractivity contribution in [3.8, 4) is 0 Å². The Morgan fingerprint density at radius 2 is 1.35 bits per heavy atom. The summed E-state index contributed by atoms with van der Waals surface area (Å²) in [4.78, 5) is 11.0. The Morgan fingerprint density at radius 1 is 0.850 bits per heavy atom. The van der Waals surface area contributed by atoms with E-state index in [4.69, 9.17) is 0 Å². The fourth-order valence-electron chi connectivity index (χ4n) is 2.74. The Morgan fingerprint density at radius 3 is 1.90 bits per heavy atom. The molecule has 0 unspecified atom stereocenters. The smallest absolute Gasteiger partial charge is 0.545 e. The second-order valence-electron chi connectivity index (χ2n) is 4.84. The van der Waals surface area contributed by atoms with Crippen LogP contribution in [-0.4, -0.2) is 5.97 Å². The van der Waals surface area contributed by atoms with Crippen molar-refractivity contribution < 1.29 is 78.8 Å². The molecule has 0 aliphatic rings. The van der Waals surface area contributed by atoms with Gasteiger partial charge in [-0.25, -0.2) is 0 Å². The van der Waals surface area contributed by atoms with E-state index >= 15 is 0 Å². The molecule has 0 N–H and O–H groups in total. The third-order valence-corrected chi connectivity index (χ3v) is 3.80. The summed E-state index contributed by atoms with van der Waals surface area (Å²) >= 11 is 0. The molecule has 0 heterocycles. The molecule has 0 amide bonds. The molecule has 3 heteroatoms. The monoisotopic (exact) mass is 382 g/mol. The topological polar surface area (TPSA) is 40.1 Å². The fraction of sp³-hybridized carbons (Fsp3) is 0.118. The molecule has 20 heavy (non-hydrogen) atoms. The summed E-state index contributed by atoms with van der Waals surface area (Å²) in [6.07, 6.45) is 0. The minimum Gasteiger partial charge on any atom is -0.545 e. The van der Waals surface area contributed by atoms with Crippen LogP contribution < -0.4 is 74.0 Å². The van der Waals surface area contributed by atoms with Gasteiger partial charge in [-0.05, 0) is 58.1 Å². The fourth-order valence-corrected chi connectivity index (χ4v) is 2.74. The first-order valence-electron chi connectivity index (χ1n) is 6.22. The molecule has 3 aromatic rings. The Bertz CT molecular complexity index is 822. The number of rotatable bonds is 1. The Labute approximate surface area is 176 Å². The van der Waals surface area contributed by atoms with Gasteiger partial charge >= 0.3 is 68.9 Å². The van der Waals surface area contributed by atoms with Crippen molar-refractivity contribution in [3.05, 3.63) is 59.2 Å². The number of hydrogen-bond acceptors (Lipinski definition) is 2. The first-order valence-corrected chi connectivity index (χ1v) is 6.22.